The van der Waals surface area contributed by atoms with E-state index in [9.17, 15) is 14.7 Å². The number of aromatic amines is 1. The molecular weight excluding hydrogens is 666 g/mol. The molecule has 0 bridgehead atoms. The van der Waals surface area contributed by atoms with Gasteiger partial charge >= 0.3 is 11.9 Å². The van der Waals surface area contributed by atoms with E-state index in [-0.39, 0.29) is 5.97 Å². The van der Waals surface area contributed by atoms with Crippen LogP contribution >= 0.6 is 0 Å². The number of oxazole rings is 1. The van der Waals surface area contributed by atoms with Crippen molar-refractivity contribution in [3.8, 4) is 23.0 Å². The van der Waals surface area contributed by atoms with Gasteiger partial charge in [-0.15, -0.1) is 0 Å². The highest BCUT2D eigenvalue weighted by Gasteiger charge is 2.21. The summed E-state index contributed by atoms with van der Waals surface area (Å²) in [6.45, 7) is 6.94. The Balaban J connectivity index is 0.000000244. The minimum atomic E-state index is -0.953. The number of fused-ring (bicyclic) bond motifs is 2. The number of ether oxygens (including phenoxy) is 5. The Bertz CT molecular complexity index is 2090. The van der Waals surface area contributed by atoms with Crippen molar-refractivity contribution in [2.45, 2.75) is 52.4 Å². The maximum absolute atomic E-state index is 11.6. The van der Waals surface area contributed by atoms with Crippen LogP contribution in [0.1, 0.15) is 36.4 Å². The molecule has 3 aromatic carbocycles. The molecule has 0 unspecified atom stereocenters. The Morgan fingerprint density at radius 1 is 0.846 bits per heavy atom. The lowest BCUT2D eigenvalue weighted by molar-refractivity contribution is -0.153. The zero-order chi connectivity index (χ0) is 37.2. The molecule has 6 rings (SSSR count). The van der Waals surface area contributed by atoms with Crippen molar-refractivity contribution in [3.05, 3.63) is 102 Å². The summed E-state index contributed by atoms with van der Waals surface area (Å²) in [7, 11) is 4.59. The molecule has 2 atom stereocenters. The molecule has 12 heteroatoms. The molecule has 0 amide bonds. The van der Waals surface area contributed by atoms with Gasteiger partial charge in [-0.05, 0) is 91.2 Å². The summed E-state index contributed by atoms with van der Waals surface area (Å²) < 4.78 is 34.3. The number of aliphatic carboxylic acids is 1. The number of rotatable bonds is 15. The molecule has 0 aliphatic heterocycles. The van der Waals surface area contributed by atoms with Crippen LogP contribution in [0.15, 0.2) is 83.5 Å². The number of hydrogen-bond donors (Lipinski definition) is 2. The number of nitrogens with zero attached hydrogens (tertiary/aromatic N) is 2. The number of esters is 1. The van der Waals surface area contributed by atoms with Crippen LogP contribution in [0.25, 0.3) is 33.3 Å². The molecule has 0 spiro atoms. The third-order valence-electron chi connectivity index (χ3n) is 8.58. The Morgan fingerprint density at radius 2 is 1.50 bits per heavy atom. The molecular formula is C40H45N3O9. The van der Waals surface area contributed by atoms with Crippen LogP contribution in [-0.4, -0.2) is 78.3 Å². The summed E-state index contributed by atoms with van der Waals surface area (Å²) >= 11 is 0. The largest absolute Gasteiger partial charge is 0.497 e. The number of H-pyrrole nitrogens is 1. The lowest BCUT2D eigenvalue weighted by atomic mass is 10.1. The average molecular weight is 712 g/mol. The first-order valence-electron chi connectivity index (χ1n) is 17.0. The number of methoxy groups -OCH3 is 3. The van der Waals surface area contributed by atoms with Crippen LogP contribution in [0.5, 0.6) is 11.5 Å². The van der Waals surface area contributed by atoms with Gasteiger partial charge in [0.2, 0.25) is 5.89 Å². The van der Waals surface area contributed by atoms with Crippen LogP contribution in [0.3, 0.4) is 0 Å². The molecule has 3 aromatic heterocycles. The van der Waals surface area contributed by atoms with Crippen molar-refractivity contribution in [1.82, 2.24) is 14.5 Å². The minimum Gasteiger partial charge on any atom is -0.497 e. The van der Waals surface area contributed by atoms with E-state index in [0.717, 1.165) is 50.0 Å². The number of hydrogen-bond acceptors (Lipinski definition) is 9. The summed E-state index contributed by atoms with van der Waals surface area (Å²) in [5, 5.41) is 11.5. The number of carboxylic acids is 1. The third-order valence-corrected chi connectivity index (χ3v) is 8.58. The van der Waals surface area contributed by atoms with Crippen LogP contribution in [-0.2, 0) is 43.2 Å². The lowest BCUT2D eigenvalue weighted by Gasteiger charge is -2.14. The first-order chi connectivity index (χ1) is 25.2. The van der Waals surface area contributed by atoms with Gasteiger partial charge in [0.05, 0.1) is 27.9 Å². The predicted octanol–water partition coefficient (Wildman–Crippen LogP) is 6.99. The van der Waals surface area contributed by atoms with Crippen molar-refractivity contribution >= 4 is 33.7 Å². The van der Waals surface area contributed by atoms with E-state index in [1.54, 1.807) is 27.2 Å². The van der Waals surface area contributed by atoms with Crippen molar-refractivity contribution in [2.24, 2.45) is 0 Å². The molecule has 12 nitrogen and oxygen atoms in total. The van der Waals surface area contributed by atoms with Crippen molar-refractivity contribution in [1.29, 1.82) is 0 Å². The second-order valence-electron chi connectivity index (χ2n) is 12.0. The zero-order valence-electron chi connectivity index (χ0n) is 30.3. The molecule has 0 radical (unpaired) electrons. The summed E-state index contributed by atoms with van der Waals surface area (Å²) in [5.41, 5.74) is 5.68. The molecule has 0 saturated heterocycles. The average Bonchev–Trinajstić information content (AvgIpc) is 3.89. The SMILES string of the molecule is CCO[C@@H](Cc1ccc2[nH]ccc2c1)C(=O)OC.CCO[C@@H](Cc1ccc2c(ccn2Cc2nc(-c3cc(OC)cc(OC)c3)oc2C)c1)C(=O)O. The second-order valence-corrected chi connectivity index (χ2v) is 12.0. The standard InChI is InChI=1S/C26H28N2O6.C14H17NO3/c1-5-33-24(26(29)30)11-17-6-7-23-18(10-17)8-9-28(23)15-22-16(2)34-25(27-22)19-12-20(31-3)14-21(13-19)32-4;1-3-18-13(14(16)17-2)9-10-4-5-12-11(8-10)6-7-15-12/h6-10,12-14,24H,5,11,15H2,1-4H3,(H,29,30);4-8,13,15H,3,9H2,1-2H3/t24-;13-/m00/s1. The molecule has 0 aliphatic rings. The number of aromatic nitrogens is 3. The van der Waals surface area contributed by atoms with Gasteiger partial charge in [-0.1, -0.05) is 12.1 Å². The van der Waals surface area contributed by atoms with Gasteiger partial charge in [-0.25, -0.2) is 14.6 Å². The van der Waals surface area contributed by atoms with Crippen LogP contribution < -0.4 is 9.47 Å². The van der Waals surface area contributed by atoms with Crippen LogP contribution in [0.2, 0.25) is 0 Å². The van der Waals surface area contributed by atoms with Gasteiger partial charge in [0.25, 0.3) is 0 Å². The quantitative estimate of drug-likeness (QED) is 0.107. The van der Waals surface area contributed by atoms with E-state index in [1.165, 1.54) is 7.11 Å². The third kappa shape index (κ3) is 9.19. The van der Waals surface area contributed by atoms with E-state index in [2.05, 4.69) is 15.6 Å². The van der Waals surface area contributed by atoms with Crippen LogP contribution in [0, 0.1) is 6.92 Å². The smallest absolute Gasteiger partial charge is 0.335 e. The molecule has 6 aromatic rings. The Labute approximate surface area is 302 Å². The summed E-state index contributed by atoms with van der Waals surface area (Å²) in [5.74, 6) is 1.27. The van der Waals surface area contributed by atoms with Crippen molar-refractivity contribution < 1.29 is 42.8 Å². The fourth-order valence-electron chi connectivity index (χ4n) is 5.92. The number of aryl methyl sites for hydroxylation is 1. The molecule has 0 saturated carbocycles. The van der Waals surface area contributed by atoms with E-state index in [4.69, 9.17) is 33.1 Å². The van der Waals surface area contributed by atoms with Crippen LogP contribution in [0.4, 0.5) is 0 Å². The number of benzene rings is 3. The van der Waals surface area contributed by atoms with E-state index in [1.807, 2.05) is 80.8 Å². The van der Waals surface area contributed by atoms with Gasteiger partial charge in [0, 0.05) is 61.1 Å². The normalized spacial score (nSPS) is 12.3. The molecule has 274 valence electrons. The highest BCUT2D eigenvalue weighted by atomic mass is 16.6. The highest BCUT2D eigenvalue weighted by molar-refractivity contribution is 5.82. The summed E-state index contributed by atoms with van der Waals surface area (Å²) in [6, 6.07) is 21.5. The topological polar surface area (TPSA) is 147 Å². The monoisotopic (exact) mass is 711 g/mol. The Morgan fingerprint density at radius 3 is 2.15 bits per heavy atom. The number of carbonyl (C=O) groups excluding carboxylic acids is 1. The van der Waals surface area contributed by atoms with Crippen molar-refractivity contribution in [2.75, 3.05) is 34.5 Å². The maximum Gasteiger partial charge on any atom is 0.335 e. The molecule has 2 N–H and O–H groups in total. The molecule has 0 fully saturated rings. The van der Waals surface area contributed by atoms with Gasteiger partial charge in [0.1, 0.15) is 23.0 Å². The van der Waals surface area contributed by atoms with E-state index < -0.39 is 18.2 Å². The number of carboxylic acid groups (broad SMARTS) is 1. The van der Waals surface area contributed by atoms with E-state index >= 15 is 0 Å². The fraction of sp³-hybridized carbons (Fsp3) is 0.325. The summed E-state index contributed by atoms with van der Waals surface area (Å²) in [4.78, 5) is 30.8. The highest BCUT2D eigenvalue weighted by Crippen LogP contribution is 2.31. The zero-order valence-corrected chi connectivity index (χ0v) is 30.3. The molecule has 3 heterocycles. The summed E-state index contributed by atoms with van der Waals surface area (Å²) in [6.07, 6.45) is 3.36. The number of nitrogens with one attached hydrogen (secondary N) is 1. The second kappa shape index (κ2) is 17.6. The first-order valence-corrected chi connectivity index (χ1v) is 17.0. The Kier molecular flexibility index (Phi) is 12.7. The van der Waals surface area contributed by atoms with Gasteiger partial charge in [-0.2, -0.15) is 0 Å². The predicted molar refractivity (Wildman–Crippen MR) is 197 cm³/mol. The van der Waals surface area contributed by atoms with Crippen molar-refractivity contribution in [3.63, 3.8) is 0 Å². The molecule has 0 aliphatic carbocycles. The first kappa shape index (κ1) is 37.7. The van der Waals surface area contributed by atoms with E-state index in [0.29, 0.717) is 50.0 Å². The van der Waals surface area contributed by atoms with Gasteiger partial charge < -0.3 is 42.8 Å². The maximum atomic E-state index is 11.6. The minimum absolute atomic E-state index is 0.319. The van der Waals surface area contributed by atoms with Gasteiger partial charge in [-0.3, -0.25) is 0 Å². The number of carbonyl (C=O) groups is 2. The molecule has 52 heavy (non-hydrogen) atoms. The fourth-order valence-corrected chi connectivity index (χ4v) is 5.92. The van der Waals surface area contributed by atoms with Gasteiger partial charge in [0.15, 0.2) is 12.2 Å². The lowest BCUT2D eigenvalue weighted by Crippen LogP contribution is -2.28. The Hall–Kier alpha value is -5.59.